The predicted octanol–water partition coefficient (Wildman–Crippen LogP) is -0.191. The molecule has 3 heteroatoms. The van der Waals surface area contributed by atoms with Crippen LogP contribution in [0.15, 0.2) is 0 Å². The van der Waals surface area contributed by atoms with Crippen LogP contribution in [0.25, 0.3) is 0 Å². The van der Waals surface area contributed by atoms with E-state index in [9.17, 15) is 0 Å². The average Bonchev–Trinajstić information content (AvgIpc) is 1.68. The maximum absolute atomic E-state index is 2.33. The minimum absolute atomic E-state index is 1.09. The minimum atomic E-state index is 1.09. The molecule has 7 heavy (non-hydrogen) atoms. The summed E-state index contributed by atoms with van der Waals surface area (Å²) in [5.41, 5.74) is 2.17. The molecule has 0 rings (SSSR count). The van der Waals surface area contributed by atoms with Gasteiger partial charge >= 0.3 is 0 Å². The van der Waals surface area contributed by atoms with Crippen molar-refractivity contribution in [2.24, 2.45) is 0 Å². The Morgan fingerprint density at radius 1 is 1.71 bits per heavy atom. The van der Waals surface area contributed by atoms with E-state index in [1.165, 1.54) is 0 Å². The monoisotopic (exact) mass is 215 g/mol. The fourth-order valence-electron chi connectivity index (χ4n) is 0.360. The molecule has 0 fully saturated rings. The molecular formula is C4H12IN2+. The van der Waals surface area contributed by atoms with Crippen molar-refractivity contribution in [1.29, 1.82) is 0 Å². The Hall–Kier alpha value is 0.650. The predicted molar refractivity (Wildman–Crippen MR) is 39.1 cm³/mol. The highest BCUT2D eigenvalue weighted by molar-refractivity contribution is 14.1. The summed E-state index contributed by atoms with van der Waals surface area (Å²) >= 11 is 2.33. The van der Waals surface area contributed by atoms with Crippen molar-refractivity contribution >= 4 is 22.6 Å². The second-order valence-electron chi connectivity index (χ2n) is 1.47. The van der Waals surface area contributed by atoms with Gasteiger partial charge in [-0.3, -0.25) is 5.43 Å². The molecule has 2 nitrogen and oxygen atoms in total. The number of hydrogen-bond donors (Lipinski definition) is 1. The van der Waals surface area contributed by atoms with Crippen LogP contribution in [0.2, 0.25) is 0 Å². The molecule has 0 atom stereocenters. The lowest BCUT2D eigenvalue weighted by atomic mass is 10.8. The van der Waals surface area contributed by atoms with Gasteiger partial charge in [0.25, 0.3) is 0 Å². The van der Waals surface area contributed by atoms with Gasteiger partial charge in [-0.05, 0) is 6.92 Å². The first-order valence-corrected chi connectivity index (χ1v) is 3.93. The van der Waals surface area contributed by atoms with Crippen LogP contribution in [-0.4, -0.2) is 23.2 Å². The molecule has 0 saturated heterocycles. The first kappa shape index (κ1) is 7.65. The Labute approximate surface area is 58.4 Å². The van der Waals surface area contributed by atoms with Crippen LogP contribution in [0.4, 0.5) is 0 Å². The fourth-order valence-corrected chi connectivity index (χ4v) is 0.639. The van der Waals surface area contributed by atoms with Crippen molar-refractivity contribution in [3.63, 3.8) is 0 Å². The van der Waals surface area contributed by atoms with Crippen LogP contribution in [-0.2, 0) is 0 Å². The Morgan fingerprint density at radius 2 is 2.29 bits per heavy atom. The Morgan fingerprint density at radius 3 is 2.43 bits per heavy atom. The van der Waals surface area contributed by atoms with Gasteiger partial charge in [0.1, 0.15) is 0 Å². The summed E-state index contributed by atoms with van der Waals surface area (Å²) < 4.78 is 1.09. The lowest BCUT2D eigenvalue weighted by Gasteiger charge is -2.06. The van der Waals surface area contributed by atoms with Crippen molar-refractivity contribution in [1.82, 2.24) is 5.01 Å². The van der Waals surface area contributed by atoms with Gasteiger partial charge in [-0.15, -0.1) is 0 Å². The molecule has 0 aliphatic heterocycles. The van der Waals surface area contributed by atoms with E-state index >= 15 is 0 Å². The first-order valence-electron chi connectivity index (χ1n) is 2.40. The quantitative estimate of drug-likeness (QED) is 0.227. The highest BCUT2D eigenvalue weighted by atomic mass is 127. The minimum Gasteiger partial charge on any atom is -0.266 e. The van der Waals surface area contributed by atoms with E-state index in [0.717, 1.165) is 11.1 Å². The topological polar surface area (TPSA) is 19.9 Å². The summed E-state index contributed by atoms with van der Waals surface area (Å²) in [4.78, 5) is 0. The van der Waals surface area contributed by atoms with Crippen LogP contribution in [0.5, 0.6) is 0 Å². The van der Waals surface area contributed by atoms with E-state index < -0.39 is 0 Å². The average molecular weight is 215 g/mol. The zero-order valence-corrected chi connectivity index (χ0v) is 6.97. The molecule has 0 aliphatic carbocycles. The number of alkyl halides is 1. The van der Waals surface area contributed by atoms with Crippen molar-refractivity contribution in [3.8, 4) is 0 Å². The molecule has 0 aromatic rings. The molecule has 0 saturated carbocycles. The van der Waals surface area contributed by atoms with E-state index in [4.69, 9.17) is 0 Å². The van der Waals surface area contributed by atoms with E-state index in [1.54, 1.807) is 0 Å². The maximum Gasteiger partial charge on any atom is 0.0986 e. The van der Waals surface area contributed by atoms with Gasteiger partial charge < -0.3 is 0 Å². The maximum atomic E-state index is 2.33. The summed E-state index contributed by atoms with van der Waals surface area (Å²) in [6.45, 7) is 3.28. The third kappa shape index (κ3) is 4.50. The fraction of sp³-hybridized carbons (Fsp3) is 1.00. The molecule has 0 heterocycles. The van der Waals surface area contributed by atoms with Gasteiger partial charge in [-0.25, -0.2) is 0 Å². The van der Waals surface area contributed by atoms with Gasteiger partial charge in [-0.1, -0.05) is 22.6 Å². The second kappa shape index (κ2) is 4.80. The molecule has 0 unspecified atom stereocenters. The smallest absolute Gasteiger partial charge is 0.0986 e. The number of halogens is 1. The molecule has 0 aromatic heterocycles. The summed E-state index contributed by atoms with van der Waals surface area (Å²) in [6.07, 6.45) is 0. The van der Waals surface area contributed by atoms with Crippen LogP contribution < -0.4 is 5.43 Å². The van der Waals surface area contributed by atoms with Gasteiger partial charge in [0, 0.05) is 7.05 Å². The third-order valence-electron chi connectivity index (χ3n) is 0.683. The van der Waals surface area contributed by atoms with Gasteiger partial charge in [0.15, 0.2) is 0 Å². The van der Waals surface area contributed by atoms with E-state index in [0.29, 0.717) is 0 Å². The Balaban J connectivity index is 2.83. The van der Waals surface area contributed by atoms with Crippen molar-refractivity contribution in [2.75, 3.05) is 18.1 Å². The van der Waals surface area contributed by atoms with Crippen molar-refractivity contribution in [3.05, 3.63) is 0 Å². The highest BCUT2D eigenvalue weighted by Gasteiger charge is 1.90. The van der Waals surface area contributed by atoms with E-state index in [-0.39, 0.29) is 0 Å². The highest BCUT2D eigenvalue weighted by Crippen LogP contribution is 1.76. The first-order chi connectivity index (χ1) is 3.31. The molecule has 2 N–H and O–H groups in total. The zero-order valence-electron chi connectivity index (χ0n) is 4.82. The SMILES string of the molecule is CC[NH2+]N(C)CI. The second-order valence-corrected chi connectivity index (χ2v) is 2.15. The molecular weight excluding hydrogens is 203 g/mol. The number of nitrogens with zero attached hydrogens (tertiary/aromatic N) is 1. The number of nitrogens with two attached hydrogens (primary N) is 1. The van der Waals surface area contributed by atoms with Gasteiger partial charge in [0.05, 0.1) is 11.1 Å². The van der Waals surface area contributed by atoms with Crippen molar-refractivity contribution in [2.45, 2.75) is 6.92 Å². The molecule has 0 bridgehead atoms. The standard InChI is InChI=1S/C4H11IN2/c1-3-6-7(2)4-5/h6H,3-4H2,1-2H3/p+1. The largest absolute Gasteiger partial charge is 0.266 e. The van der Waals surface area contributed by atoms with Crippen LogP contribution in [0.3, 0.4) is 0 Å². The van der Waals surface area contributed by atoms with Gasteiger partial charge in [-0.2, -0.15) is 5.01 Å². The molecule has 0 spiro atoms. The number of rotatable bonds is 3. The molecule has 44 valence electrons. The van der Waals surface area contributed by atoms with Crippen LogP contribution in [0.1, 0.15) is 6.92 Å². The number of quaternary nitrogens is 1. The number of hydrogen-bond acceptors (Lipinski definition) is 1. The van der Waals surface area contributed by atoms with E-state index in [1.807, 2.05) is 0 Å². The Bertz CT molecular complexity index is 40.7. The van der Waals surface area contributed by atoms with Gasteiger partial charge in [0.2, 0.25) is 0 Å². The van der Waals surface area contributed by atoms with Crippen molar-refractivity contribution < 1.29 is 5.43 Å². The summed E-state index contributed by atoms with van der Waals surface area (Å²) in [5.74, 6) is 0. The van der Waals surface area contributed by atoms with Crippen LogP contribution in [0, 0.1) is 0 Å². The molecule has 0 aliphatic rings. The molecule has 0 radical (unpaired) electrons. The zero-order chi connectivity index (χ0) is 5.70. The van der Waals surface area contributed by atoms with Crippen LogP contribution >= 0.6 is 22.6 Å². The molecule has 0 aromatic carbocycles. The Kier molecular flexibility index (Phi) is 5.25. The third-order valence-corrected chi connectivity index (χ3v) is 1.76. The lowest BCUT2D eigenvalue weighted by molar-refractivity contribution is -0.793. The normalized spacial score (nSPS) is 10.3. The van der Waals surface area contributed by atoms with E-state index in [2.05, 4.69) is 47.0 Å². The lowest BCUT2D eigenvalue weighted by Crippen LogP contribution is -2.92. The molecule has 0 amide bonds. The summed E-state index contributed by atoms with van der Waals surface area (Å²) in [7, 11) is 2.08. The summed E-state index contributed by atoms with van der Waals surface area (Å²) in [5, 5.41) is 2.17. The summed E-state index contributed by atoms with van der Waals surface area (Å²) in [6, 6.07) is 0.